The Bertz CT molecular complexity index is 736. The predicted octanol–water partition coefficient (Wildman–Crippen LogP) is 3.42. The monoisotopic (exact) mass is 325 g/mol. The number of rotatable bonds is 6. The number of nitrogens with zero attached hydrogens (tertiary/aromatic N) is 1. The lowest BCUT2D eigenvalue weighted by atomic mass is 10.1. The molecule has 0 N–H and O–H groups in total. The van der Waals surface area contributed by atoms with Crippen LogP contribution in [0.15, 0.2) is 66.6 Å². The fourth-order valence-corrected chi connectivity index (χ4v) is 2.08. The van der Waals surface area contributed by atoms with Crippen molar-refractivity contribution in [2.24, 2.45) is 0 Å². The summed E-state index contributed by atoms with van der Waals surface area (Å²) in [4.78, 5) is 25.7. The lowest BCUT2D eigenvalue weighted by Crippen LogP contribution is -2.16. The highest BCUT2D eigenvalue weighted by Crippen LogP contribution is 2.18. The third-order valence-electron chi connectivity index (χ3n) is 3.30. The van der Waals surface area contributed by atoms with Crippen LogP contribution < -0.4 is 9.64 Å². The van der Waals surface area contributed by atoms with Crippen LogP contribution in [-0.4, -0.2) is 25.9 Å². The molecule has 0 bridgehead atoms. The number of hydrogen-bond acceptors (Lipinski definition) is 5. The molecule has 0 saturated heterocycles. The number of ether oxygens (including phenoxy) is 2. The first-order chi connectivity index (χ1) is 11.5. The van der Waals surface area contributed by atoms with Crippen molar-refractivity contribution in [3.63, 3.8) is 0 Å². The van der Waals surface area contributed by atoms with Crippen molar-refractivity contribution in [1.29, 1.82) is 0 Å². The first kappa shape index (κ1) is 17.3. The van der Waals surface area contributed by atoms with Crippen LogP contribution in [0.2, 0.25) is 0 Å². The number of carbonyl (C=O) groups is 2. The Morgan fingerprint density at radius 2 is 1.62 bits per heavy atom. The number of carbonyl (C=O) groups excluding carboxylic acids is 2. The zero-order chi connectivity index (χ0) is 17.5. The van der Waals surface area contributed by atoms with E-state index in [9.17, 15) is 9.59 Å². The number of esters is 1. The third kappa shape index (κ3) is 4.46. The Hall–Kier alpha value is -3.08. The molecule has 2 aromatic rings. The second-order valence-corrected chi connectivity index (χ2v) is 5.09. The number of Topliss-reactive ketones (excluding diaryl/α,β-unsaturated/α-hetero) is 1. The molecular weight excluding hydrogens is 306 g/mol. The minimum absolute atomic E-state index is 0.0426. The van der Waals surface area contributed by atoms with E-state index in [2.05, 4.69) is 0 Å². The van der Waals surface area contributed by atoms with Crippen LogP contribution in [-0.2, 0) is 9.53 Å². The van der Waals surface area contributed by atoms with Crippen molar-refractivity contribution in [2.45, 2.75) is 6.92 Å². The van der Waals surface area contributed by atoms with Gasteiger partial charge in [-0.3, -0.25) is 9.59 Å². The standard InChI is InChI=1S/C19H19NO4/c1-14(21)24-18(13-20(2)16-7-5-4-6-8-16)19(22)15-9-11-17(23-3)12-10-15/h4-13H,1-3H3/b18-13-. The van der Waals surface area contributed by atoms with Crippen LogP contribution in [0.5, 0.6) is 5.75 Å². The summed E-state index contributed by atoms with van der Waals surface area (Å²) >= 11 is 0. The lowest BCUT2D eigenvalue weighted by Gasteiger charge is -2.16. The quantitative estimate of drug-likeness (QED) is 0.352. The maximum Gasteiger partial charge on any atom is 0.308 e. The van der Waals surface area contributed by atoms with E-state index in [0.717, 1.165) is 5.69 Å². The second-order valence-electron chi connectivity index (χ2n) is 5.09. The molecule has 5 nitrogen and oxygen atoms in total. The van der Waals surface area contributed by atoms with E-state index in [1.54, 1.807) is 43.3 Å². The van der Waals surface area contributed by atoms with Gasteiger partial charge in [0.15, 0.2) is 5.76 Å². The van der Waals surface area contributed by atoms with Gasteiger partial charge in [0.2, 0.25) is 5.78 Å². The molecule has 0 heterocycles. The summed E-state index contributed by atoms with van der Waals surface area (Å²) in [5, 5.41) is 0. The van der Waals surface area contributed by atoms with E-state index >= 15 is 0 Å². The van der Waals surface area contributed by atoms with Crippen LogP contribution in [0, 0.1) is 0 Å². The first-order valence-electron chi connectivity index (χ1n) is 7.38. The van der Waals surface area contributed by atoms with Crippen LogP contribution in [0.3, 0.4) is 0 Å². The molecule has 0 amide bonds. The summed E-state index contributed by atoms with van der Waals surface area (Å²) in [7, 11) is 3.33. The molecule has 0 fully saturated rings. The fourth-order valence-electron chi connectivity index (χ4n) is 2.08. The van der Waals surface area contributed by atoms with Crippen molar-refractivity contribution < 1.29 is 19.1 Å². The van der Waals surface area contributed by atoms with Gasteiger partial charge < -0.3 is 14.4 Å². The number of allylic oxidation sites excluding steroid dienone is 1. The van der Waals surface area contributed by atoms with Gasteiger partial charge in [-0.1, -0.05) is 18.2 Å². The number of anilines is 1. The van der Waals surface area contributed by atoms with Crippen LogP contribution >= 0.6 is 0 Å². The molecule has 0 unspecified atom stereocenters. The van der Waals surface area contributed by atoms with Crippen molar-refractivity contribution in [1.82, 2.24) is 0 Å². The van der Waals surface area contributed by atoms with Gasteiger partial charge in [0.05, 0.1) is 13.3 Å². The molecule has 24 heavy (non-hydrogen) atoms. The normalized spacial score (nSPS) is 10.9. The van der Waals surface area contributed by atoms with E-state index in [-0.39, 0.29) is 11.5 Å². The highest BCUT2D eigenvalue weighted by molar-refractivity contribution is 6.08. The molecule has 0 aromatic heterocycles. The summed E-state index contributed by atoms with van der Waals surface area (Å²) in [6.45, 7) is 1.26. The Morgan fingerprint density at radius 3 is 2.17 bits per heavy atom. The van der Waals surface area contributed by atoms with Gasteiger partial charge in [0.1, 0.15) is 5.75 Å². The molecule has 5 heteroatoms. The molecule has 124 valence electrons. The number of para-hydroxylation sites is 1. The van der Waals surface area contributed by atoms with Gasteiger partial charge >= 0.3 is 5.97 Å². The number of ketones is 1. The highest BCUT2D eigenvalue weighted by atomic mass is 16.5. The van der Waals surface area contributed by atoms with E-state index in [4.69, 9.17) is 9.47 Å². The smallest absolute Gasteiger partial charge is 0.308 e. The molecule has 0 aliphatic rings. The Labute approximate surface area is 141 Å². The van der Waals surface area contributed by atoms with Crippen LogP contribution in [0.25, 0.3) is 0 Å². The van der Waals surface area contributed by atoms with E-state index in [1.807, 2.05) is 30.3 Å². The van der Waals surface area contributed by atoms with Gasteiger partial charge in [-0.25, -0.2) is 0 Å². The maximum atomic E-state index is 12.6. The lowest BCUT2D eigenvalue weighted by molar-refractivity contribution is -0.136. The van der Waals surface area contributed by atoms with E-state index < -0.39 is 5.97 Å². The molecule has 0 spiro atoms. The van der Waals surface area contributed by atoms with Gasteiger partial charge in [-0.15, -0.1) is 0 Å². The molecule has 0 atom stereocenters. The van der Waals surface area contributed by atoms with Gasteiger partial charge in [-0.2, -0.15) is 0 Å². The zero-order valence-electron chi connectivity index (χ0n) is 13.9. The van der Waals surface area contributed by atoms with E-state index in [0.29, 0.717) is 11.3 Å². The number of hydrogen-bond donors (Lipinski definition) is 0. The van der Waals surface area contributed by atoms with Crippen LogP contribution in [0.4, 0.5) is 5.69 Å². The Balaban J connectivity index is 2.31. The Kier molecular flexibility index (Phi) is 5.73. The molecule has 0 aliphatic carbocycles. The van der Waals surface area contributed by atoms with Crippen molar-refractivity contribution in [3.8, 4) is 5.75 Å². The number of benzene rings is 2. The van der Waals surface area contributed by atoms with Gasteiger partial charge in [0.25, 0.3) is 0 Å². The maximum absolute atomic E-state index is 12.6. The molecular formula is C19H19NO4. The zero-order valence-corrected chi connectivity index (χ0v) is 13.9. The molecule has 0 aliphatic heterocycles. The fraction of sp³-hybridized carbons (Fsp3) is 0.158. The van der Waals surface area contributed by atoms with Crippen molar-refractivity contribution >= 4 is 17.4 Å². The second kappa shape index (κ2) is 7.97. The van der Waals surface area contributed by atoms with Gasteiger partial charge in [0, 0.05) is 25.2 Å². The summed E-state index contributed by atoms with van der Waals surface area (Å²) in [6, 6.07) is 16.1. The van der Waals surface area contributed by atoms with Gasteiger partial charge in [-0.05, 0) is 36.4 Å². The molecule has 0 saturated carbocycles. The summed E-state index contributed by atoms with van der Waals surface area (Å²) < 4.78 is 10.2. The first-order valence-corrected chi connectivity index (χ1v) is 7.38. The average Bonchev–Trinajstić information content (AvgIpc) is 2.61. The average molecular weight is 325 g/mol. The van der Waals surface area contributed by atoms with E-state index in [1.165, 1.54) is 13.1 Å². The van der Waals surface area contributed by atoms with Crippen LogP contribution in [0.1, 0.15) is 17.3 Å². The predicted molar refractivity (Wildman–Crippen MR) is 92.0 cm³/mol. The molecule has 0 radical (unpaired) electrons. The molecule has 2 aromatic carbocycles. The van der Waals surface area contributed by atoms with Crippen molar-refractivity contribution in [2.75, 3.05) is 19.1 Å². The minimum atomic E-state index is -0.551. The number of methoxy groups -OCH3 is 1. The summed E-state index contributed by atoms with van der Waals surface area (Å²) in [5.41, 5.74) is 1.27. The van der Waals surface area contributed by atoms with Crippen molar-refractivity contribution in [3.05, 3.63) is 72.1 Å². The minimum Gasteiger partial charge on any atom is -0.497 e. The summed E-state index contributed by atoms with van der Waals surface area (Å²) in [6.07, 6.45) is 1.50. The SMILES string of the molecule is COc1ccc(C(=O)/C(=C/N(C)c2ccccc2)OC(C)=O)cc1. The highest BCUT2D eigenvalue weighted by Gasteiger charge is 2.17. The topological polar surface area (TPSA) is 55.8 Å². The third-order valence-corrected chi connectivity index (χ3v) is 3.30. The summed E-state index contributed by atoms with van der Waals surface area (Å²) in [5.74, 6) is -0.329. The largest absolute Gasteiger partial charge is 0.497 e. The molecule has 2 rings (SSSR count). The Morgan fingerprint density at radius 1 is 1.00 bits per heavy atom.